The van der Waals surface area contributed by atoms with Gasteiger partial charge in [-0.2, -0.15) is 0 Å². The van der Waals surface area contributed by atoms with Crippen LogP contribution < -0.4 is 5.73 Å². The van der Waals surface area contributed by atoms with E-state index in [1.54, 1.807) is 0 Å². The van der Waals surface area contributed by atoms with Gasteiger partial charge in [0.15, 0.2) is 0 Å². The van der Waals surface area contributed by atoms with Crippen molar-refractivity contribution in [1.82, 2.24) is 4.98 Å². The molecule has 1 aliphatic rings. The highest BCUT2D eigenvalue weighted by Gasteiger charge is 2.26. The number of benzene rings is 1. The molecule has 1 heterocycles. The van der Waals surface area contributed by atoms with E-state index in [0.29, 0.717) is 5.92 Å². The minimum absolute atomic E-state index is 0.702. The quantitative estimate of drug-likeness (QED) is 0.709. The highest BCUT2D eigenvalue weighted by molar-refractivity contribution is 6.36. The van der Waals surface area contributed by atoms with Gasteiger partial charge in [-0.1, -0.05) is 11.6 Å². The first-order valence-electron chi connectivity index (χ1n) is 5.24. The maximum absolute atomic E-state index is 6.26. The van der Waals surface area contributed by atoms with E-state index < -0.39 is 0 Å². The van der Waals surface area contributed by atoms with Crippen LogP contribution in [0.3, 0.4) is 0 Å². The van der Waals surface area contributed by atoms with Gasteiger partial charge in [0.2, 0.25) is 0 Å². The van der Waals surface area contributed by atoms with Gasteiger partial charge in [-0.15, -0.1) is 0 Å². The molecule has 0 spiro atoms. The van der Waals surface area contributed by atoms with Crippen LogP contribution in [0.15, 0.2) is 12.1 Å². The Morgan fingerprint density at radius 3 is 2.80 bits per heavy atom. The molecule has 0 bridgehead atoms. The number of nitrogens with one attached hydrogen (secondary N) is 1. The summed E-state index contributed by atoms with van der Waals surface area (Å²) >= 11 is 6.26. The van der Waals surface area contributed by atoms with Crippen molar-refractivity contribution in [2.75, 3.05) is 5.73 Å². The van der Waals surface area contributed by atoms with Gasteiger partial charge >= 0.3 is 0 Å². The molecular formula is C12H13ClN2. The molecule has 0 atom stereocenters. The van der Waals surface area contributed by atoms with Crippen molar-refractivity contribution in [1.29, 1.82) is 0 Å². The standard InChI is InChI=1S/C12H13ClN2/c1-6-4-9(14)12-8(11(6)13)5-10(15-12)7-2-3-7/h4-5,7,15H,2-3,14H2,1H3. The predicted octanol–water partition coefficient (Wildman–Crippen LogP) is 3.59. The van der Waals surface area contributed by atoms with Gasteiger partial charge in [-0.25, -0.2) is 0 Å². The largest absolute Gasteiger partial charge is 0.397 e. The van der Waals surface area contributed by atoms with E-state index in [2.05, 4.69) is 11.1 Å². The molecule has 0 unspecified atom stereocenters. The van der Waals surface area contributed by atoms with E-state index in [0.717, 1.165) is 27.2 Å². The molecule has 1 aliphatic carbocycles. The monoisotopic (exact) mass is 220 g/mol. The van der Waals surface area contributed by atoms with E-state index in [1.165, 1.54) is 18.5 Å². The van der Waals surface area contributed by atoms with Gasteiger partial charge < -0.3 is 10.7 Å². The fraction of sp³-hybridized carbons (Fsp3) is 0.333. The Morgan fingerprint density at radius 1 is 1.40 bits per heavy atom. The van der Waals surface area contributed by atoms with Crippen LogP contribution in [0.4, 0.5) is 5.69 Å². The highest BCUT2D eigenvalue weighted by atomic mass is 35.5. The van der Waals surface area contributed by atoms with E-state index in [9.17, 15) is 0 Å². The molecule has 0 amide bonds. The minimum atomic E-state index is 0.702. The molecule has 3 rings (SSSR count). The molecule has 2 aromatic rings. The molecule has 3 heteroatoms. The van der Waals surface area contributed by atoms with Gasteiger partial charge in [0, 0.05) is 11.1 Å². The summed E-state index contributed by atoms with van der Waals surface area (Å²) < 4.78 is 0. The number of H-pyrrole nitrogens is 1. The molecule has 1 fully saturated rings. The summed E-state index contributed by atoms with van der Waals surface area (Å²) in [6.07, 6.45) is 2.56. The SMILES string of the molecule is Cc1cc(N)c2[nH]c(C3CC3)cc2c1Cl. The predicted molar refractivity (Wildman–Crippen MR) is 64.4 cm³/mol. The lowest BCUT2D eigenvalue weighted by molar-refractivity contribution is 1.06. The average Bonchev–Trinajstić information content (AvgIpc) is 2.94. The van der Waals surface area contributed by atoms with Gasteiger partial charge in [0.1, 0.15) is 0 Å². The van der Waals surface area contributed by atoms with Crippen LogP contribution in [-0.2, 0) is 0 Å². The van der Waals surface area contributed by atoms with Crippen molar-refractivity contribution >= 4 is 28.2 Å². The van der Waals surface area contributed by atoms with Gasteiger partial charge in [0.25, 0.3) is 0 Å². The zero-order chi connectivity index (χ0) is 10.6. The van der Waals surface area contributed by atoms with Crippen molar-refractivity contribution in [3.63, 3.8) is 0 Å². The van der Waals surface area contributed by atoms with Crippen LogP contribution in [-0.4, -0.2) is 4.98 Å². The molecule has 1 aromatic carbocycles. The number of aryl methyl sites for hydroxylation is 1. The zero-order valence-corrected chi connectivity index (χ0v) is 9.36. The summed E-state index contributed by atoms with van der Waals surface area (Å²) in [6, 6.07) is 4.08. The molecule has 1 aromatic heterocycles. The van der Waals surface area contributed by atoms with Crippen LogP contribution in [0.25, 0.3) is 10.9 Å². The van der Waals surface area contributed by atoms with Crippen LogP contribution in [0, 0.1) is 6.92 Å². The van der Waals surface area contributed by atoms with Crippen molar-refractivity contribution in [2.45, 2.75) is 25.7 Å². The molecule has 1 saturated carbocycles. The lowest BCUT2D eigenvalue weighted by Gasteiger charge is -2.02. The Kier molecular flexibility index (Phi) is 1.77. The van der Waals surface area contributed by atoms with Gasteiger partial charge in [0.05, 0.1) is 16.2 Å². The molecule has 15 heavy (non-hydrogen) atoms. The first-order chi connectivity index (χ1) is 7.16. The fourth-order valence-corrected chi connectivity index (χ4v) is 2.28. The molecule has 0 radical (unpaired) electrons. The average molecular weight is 221 g/mol. The topological polar surface area (TPSA) is 41.8 Å². The molecule has 78 valence electrons. The summed E-state index contributed by atoms with van der Waals surface area (Å²) in [5.41, 5.74) is 10.1. The third-order valence-corrected chi connectivity index (χ3v) is 3.60. The summed E-state index contributed by atoms with van der Waals surface area (Å²) in [6.45, 7) is 1.99. The normalized spacial score (nSPS) is 16.1. The molecule has 0 saturated heterocycles. The maximum atomic E-state index is 6.26. The molecular weight excluding hydrogens is 208 g/mol. The first kappa shape index (κ1) is 9.10. The van der Waals surface area contributed by atoms with Crippen LogP contribution in [0.2, 0.25) is 5.02 Å². The summed E-state index contributed by atoms with van der Waals surface area (Å²) in [7, 11) is 0. The number of nitrogens with two attached hydrogens (primary N) is 1. The Balaban J connectivity index is 2.32. The fourth-order valence-electron chi connectivity index (χ4n) is 2.07. The van der Waals surface area contributed by atoms with Crippen LogP contribution >= 0.6 is 11.6 Å². The Bertz CT molecular complexity index is 538. The number of hydrogen-bond donors (Lipinski definition) is 2. The minimum Gasteiger partial charge on any atom is -0.397 e. The Morgan fingerprint density at radius 2 is 2.13 bits per heavy atom. The zero-order valence-electron chi connectivity index (χ0n) is 8.60. The smallest absolute Gasteiger partial charge is 0.0705 e. The molecule has 2 nitrogen and oxygen atoms in total. The number of anilines is 1. The summed E-state index contributed by atoms with van der Waals surface area (Å²) in [4.78, 5) is 3.38. The number of aromatic amines is 1. The molecule has 3 N–H and O–H groups in total. The number of aromatic nitrogens is 1. The molecule has 0 aliphatic heterocycles. The van der Waals surface area contributed by atoms with Crippen LogP contribution in [0.1, 0.15) is 30.0 Å². The van der Waals surface area contributed by atoms with Crippen molar-refractivity contribution < 1.29 is 0 Å². The van der Waals surface area contributed by atoms with Crippen molar-refractivity contribution in [2.24, 2.45) is 0 Å². The second-order valence-corrected chi connectivity index (χ2v) is 4.76. The van der Waals surface area contributed by atoms with E-state index in [4.69, 9.17) is 17.3 Å². The van der Waals surface area contributed by atoms with Gasteiger partial charge in [-0.05, 0) is 43.4 Å². The maximum Gasteiger partial charge on any atom is 0.0705 e. The number of nitrogen functional groups attached to an aromatic ring is 1. The summed E-state index contributed by atoms with van der Waals surface area (Å²) in [5, 5.41) is 1.89. The summed E-state index contributed by atoms with van der Waals surface area (Å²) in [5.74, 6) is 0.702. The Labute approximate surface area is 93.4 Å². The van der Waals surface area contributed by atoms with Crippen molar-refractivity contribution in [3.8, 4) is 0 Å². The van der Waals surface area contributed by atoms with Crippen LogP contribution in [0.5, 0.6) is 0 Å². The highest BCUT2D eigenvalue weighted by Crippen LogP contribution is 2.42. The Hall–Kier alpha value is -1.15. The van der Waals surface area contributed by atoms with Gasteiger partial charge in [-0.3, -0.25) is 0 Å². The second kappa shape index (κ2) is 2.92. The lowest BCUT2D eigenvalue weighted by atomic mass is 10.1. The number of halogens is 1. The van der Waals surface area contributed by atoms with Crippen molar-refractivity contribution in [3.05, 3.63) is 28.4 Å². The second-order valence-electron chi connectivity index (χ2n) is 4.38. The third kappa shape index (κ3) is 1.32. The number of rotatable bonds is 1. The van der Waals surface area contributed by atoms with E-state index in [1.807, 2.05) is 13.0 Å². The lowest BCUT2D eigenvalue weighted by Crippen LogP contribution is -1.89. The van der Waals surface area contributed by atoms with E-state index in [-0.39, 0.29) is 0 Å². The first-order valence-corrected chi connectivity index (χ1v) is 5.62. The third-order valence-electron chi connectivity index (χ3n) is 3.10. The number of fused-ring (bicyclic) bond motifs is 1. The van der Waals surface area contributed by atoms with E-state index >= 15 is 0 Å². The number of hydrogen-bond acceptors (Lipinski definition) is 1.